The van der Waals surface area contributed by atoms with E-state index in [0.29, 0.717) is 10.7 Å². The number of nitrogens with one attached hydrogen (secondary N) is 3. The number of aliphatic hydroxyl groups is 1. The molecule has 0 aliphatic heterocycles. The molecule has 1 aromatic heterocycles. The molecular formula is C19H19ClN4O. The summed E-state index contributed by atoms with van der Waals surface area (Å²) in [6, 6.07) is 9.06. The Morgan fingerprint density at radius 2 is 2.00 bits per heavy atom. The average molecular weight is 355 g/mol. The highest BCUT2D eigenvalue weighted by atomic mass is 35.5. The standard InChI is InChI=1S/C19H19ClN4O/c1-3-4-19(25)7-13(2)23-17-8-14(20)9-18(10-17)24-16-6-5-15(11-21)22-12-16/h3-12,21,23-25H,1H2,2H3/b13-7+,19-4+,21-11?. The fraction of sp³-hybridized carbons (Fsp3) is 0.0526. The molecule has 0 fully saturated rings. The van der Waals surface area contributed by atoms with Crippen molar-refractivity contribution in [3.8, 4) is 0 Å². The Bertz CT molecular complexity index is 826. The molecule has 0 saturated heterocycles. The Morgan fingerprint density at radius 1 is 1.24 bits per heavy atom. The van der Waals surface area contributed by atoms with Crippen LogP contribution in [-0.4, -0.2) is 16.3 Å². The minimum absolute atomic E-state index is 0.109. The quantitative estimate of drug-likeness (QED) is 0.304. The summed E-state index contributed by atoms with van der Waals surface area (Å²) in [4.78, 5) is 4.13. The lowest BCUT2D eigenvalue weighted by Crippen LogP contribution is -1.98. The highest BCUT2D eigenvalue weighted by molar-refractivity contribution is 6.31. The number of aliphatic hydroxyl groups excluding tert-OH is 1. The number of hydrogen-bond donors (Lipinski definition) is 4. The second-order valence-electron chi connectivity index (χ2n) is 5.25. The number of halogens is 1. The van der Waals surface area contributed by atoms with Crippen molar-refractivity contribution in [2.45, 2.75) is 6.92 Å². The minimum Gasteiger partial charge on any atom is -0.508 e. The number of rotatable bonds is 7. The molecule has 5 nitrogen and oxygen atoms in total. The lowest BCUT2D eigenvalue weighted by atomic mass is 10.2. The maximum absolute atomic E-state index is 9.66. The van der Waals surface area contributed by atoms with Gasteiger partial charge < -0.3 is 21.1 Å². The second-order valence-corrected chi connectivity index (χ2v) is 5.69. The number of hydrogen-bond acceptors (Lipinski definition) is 5. The molecule has 0 unspecified atom stereocenters. The van der Waals surface area contributed by atoms with E-state index >= 15 is 0 Å². The van der Waals surface area contributed by atoms with Gasteiger partial charge in [0, 0.05) is 28.3 Å². The van der Waals surface area contributed by atoms with Crippen molar-refractivity contribution < 1.29 is 5.11 Å². The molecule has 1 aromatic carbocycles. The molecule has 0 amide bonds. The molecule has 0 bridgehead atoms. The summed E-state index contributed by atoms with van der Waals surface area (Å²) < 4.78 is 0. The van der Waals surface area contributed by atoms with Gasteiger partial charge in [-0.1, -0.05) is 24.3 Å². The van der Waals surface area contributed by atoms with Gasteiger partial charge in [0.2, 0.25) is 0 Å². The topological polar surface area (TPSA) is 81.0 Å². The van der Waals surface area contributed by atoms with E-state index < -0.39 is 0 Å². The zero-order valence-electron chi connectivity index (χ0n) is 13.8. The Kier molecular flexibility index (Phi) is 6.37. The molecule has 0 aliphatic rings. The van der Waals surface area contributed by atoms with Crippen LogP contribution in [0.15, 0.2) is 72.8 Å². The molecule has 0 radical (unpaired) electrons. The summed E-state index contributed by atoms with van der Waals surface area (Å²) in [5.74, 6) is 0.109. The molecule has 0 spiro atoms. The molecule has 6 heteroatoms. The van der Waals surface area contributed by atoms with E-state index in [2.05, 4.69) is 22.2 Å². The molecule has 4 N–H and O–H groups in total. The Labute approximate surface area is 151 Å². The third-order valence-corrected chi connectivity index (χ3v) is 3.33. The van der Waals surface area contributed by atoms with Crippen LogP contribution in [0.3, 0.4) is 0 Å². The van der Waals surface area contributed by atoms with Crippen LogP contribution < -0.4 is 10.6 Å². The molecule has 128 valence electrons. The monoisotopic (exact) mass is 354 g/mol. The predicted molar refractivity (Wildman–Crippen MR) is 105 cm³/mol. The van der Waals surface area contributed by atoms with Crippen LogP contribution in [0.1, 0.15) is 12.6 Å². The van der Waals surface area contributed by atoms with Crippen LogP contribution >= 0.6 is 11.6 Å². The number of benzene rings is 1. The number of anilines is 3. The highest BCUT2D eigenvalue weighted by Crippen LogP contribution is 2.26. The number of aromatic nitrogens is 1. The van der Waals surface area contributed by atoms with Gasteiger partial charge in [-0.25, -0.2) is 0 Å². The van der Waals surface area contributed by atoms with Gasteiger partial charge in [0.05, 0.1) is 17.6 Å². The SMILES string of the molecule is C=C/C=C(O)\C=C(/C)Nc1cc(Cl)cc(Nc2ccc(C=N)nc2)c1. The summed E-state index contributed by atoms with van der Waals surface area (Å²) >= 11 is 6.18. The third-order valence-electron chi connectivity index (χ3n) is 3.12. The first kappa shape index (κ1) is 18.3. The van der Waals surface area contributed by atoms with E-state index in [0.717, 1.165) is 22.8 Å². The van der Waals surface area contributed by atoms with Crippen molar-refractivity contribution in [3.05, 3.63) is 83.5 Å². The predicted octanol–water partition coefficient (Wildman–Crippen LogP) is 5.42. The highest BCUT2D eigenvalue weighted by Gasteiger charge is 2.02. The molecule has 0 saturated carbocycles. The normalized spacial score (nSPS) is 11.8. The number of pyridine rings is 1. The molecule has 0 atom stereocenters. The van der Waals surface area contributed by atoms with Crippen molar-refractivity contribution in [1.29, 1.82) is 5.41 Å². The van der Waals surface area contributed by atoms with Crippen molar-refractivity contribution >= 4 is 34.9 Å². The van der Waals surface area contributed by atoms with Gasteiger partial charge in [-0.2, -0.15) is 0 Å². The summed E-state index contributed by atoms with van der Waals surface area (Å²) in [5, 5.41) is 23.8. The first-order valence-electron chi connectivity index (χ1n) is 7.51. The van der Waals surface area contributed by atoms with Gasteiger partial charge in [0.1, 0.15) is 5.76 Å². The van der Waals surface area contributed by atoms with Gasteiger partial charge in [0.15, 0.2) is 0 Å². The van der Waals surface area contributed by atoms with Gasteiger partial charge in [-0.15, -0.1) is 0 Å². The fourth-order valence-electron chi connectivity index (χ4n) is 2.12. The second kappa shape index (κ2) is 8.70. The molecule has 1 heterocycles. The Hall–Kier alpha value is -3.05. The van der Waals surface area contributed by atoms with Crippen molar-refractivity contribution in [1.82, 2.24) is 4.98 Å². The van der Waals surface area contributed by atoms with Crippen LogP contribution in [0.4, 0.5) is 17.1 Å². The van der Waals surface area contributed by atoms with E-state index in [4.69, 9.17) is 17.0 Å². The van der Waals surface area contributed by atoms with Crippen LogP contribution in [0.2, 0.25) is 5.02 Å². The summed E-state index contributed by atoms with van der Waals surface area (Å²) in [5.41, 5.74) is 3.70. The summed E-state index contributed by atoms with van der Waals surface area (Å²) in [6.45, 7) is 5.37. The van der Waals surface area contributed by atoms with E-state index in [1.165, 1.54) is 18.4 Å². The fourth-order valence-corrected chi connectivity index (χ4v) is 2.35. The van der Waals surface area contributed by atoms with Gasteiger partial charge in [-0.3, -0.25) is 4.98 Å². The first-order chi connectivity index (χ1) is 12.0. The van der Waals surface area contributed by atoms with Crippen LogP contribution in [0.5, 0.6) is 0 Å². The molecule has 25 heavy (non-hydrogen) atoms. The summed E-state index contributed by atoms with van der Waals surface area (Å²) in [6.07, 6.45) is 7.45. The van der Waals surface area contributed by atoms with Gasteiger partial charge in [0.25, 0.3) is 0 Å². The largest absolute Gasteiger partial charge is 0.508 e. The lowest BCUT2D eigenvalue weighted by molar-refractivity contribution is 0.432. The zero-order chi connectivity index (χ0) is 18.2. The molecule has 2 aromatic rings. The Morgan fingerprint density at radius 3 is 2.64 bits per heavy atom. The summed E-state index contributed by atoms with van der Waals surface area (Å²) in [7, 11) is 0. The Balaban J connectivity index is 2.17. The lowest BCUT2D eigenvalue weighted by Gasteiger charge is -2.12. The minimum atomic E-state index is 0.109. The van der Waals surface area contributed by atoms with E-state index in [-0.39, 0.29) is 5.76 Å². The maximum atomic E-state index is 9.66. The van der Waals surface area contributed by atoms with Crippen LogP contribution in [-0.2, 0) is 0 Å². The smallest absolute Gasteiger partial charge is 0.117 e. The van der Waals surface area contributed by atoms with Gasteiger partial charge >= 0.3 is 0 Å². The van der Waals surface area contributed by atoms with Crippen molar-refractivity contribution in [3.63, 3.8) is 0 Å². The number of nitrogens with zero attached hydrogens (tertiary/aromatic N) is 1. The number of allylic oxidation sites excluding steroid dienone is 4. The van der Waals surface area contributed by atoms with Crippen LogP contribution in [0.25, 0.3) is 0 Å². The van der Waals surface area contributed by atoms with Crippen LogP contribution in [0, 0.1) is 5.41 Å². The zero-order valence-corrected chi connectivity index (χ0v) is 14.5. The van der Waals surface area contributed by atoms with Gasteiger partial charge in [-0.05, 0) is 49.4 Å². The third kappa shape index (κ3) is 5.82. The van der Waals surface area contributed by atoms with E-state index in [1.54, 1.807) is 30.5 Å². The van der Waals surface area contributed by atoms with E-state index in [1.807, 2.05) is 19.1 Å². The molecular weight excluding hydrogens is 336 g/mol. The maximum Gasteiger partial charge on any atom is 0.117 e. The van der Waals surface area contributed by atoms with E-state index in [9.17, 15) is 5.11 Å². The van der Waals surface area contributed by atoms with Crippen molar-refractivity contribution in [2.75, 3.05) is 10.6 Å². The first-order valence-corrected chi connectivity index (χ1v) is 7.89. The van der Waals surface area contributed by atoms with Crippen molar-refractivity contribution in [2.24, 2.45) is 0 Å². The molecule has 0 aliphatic carbocycles. The average Bonchev–Trinajstić information content (AvgIpc) is 2.55. The molecule has 2 rings (SSSR count).